The average molecular weight is 360 g/mol. The third-order valence-electron chi connectivity index (χ3n) is 2.28. The van der Waals surface area contributed by atoms with Gasteiger partial charge in [0, 0.05) is 15.4 Å². The zero-order valence-corrected chi connectivity index (χ0v) is 14.1. The first-order valence-corrected chi connectivity index (χ1v) is 8.04. The van der Waals surface area contributed by atoms with Crippen molar-refractivity contribution >= 4 is 39.6 Å². The molecule has 0 radical (unpaired) electrons. The van der Waals surface area contributed by atoms with Crippen molar-refractivity contribution in [3.05, 3.63) is 28.7 Å². The second kappa shape index (κ2) is 8.32. The summed E-state index contributed by atoms with van der Waals surface area (Å²) in [5.74, 6) is -0.493. The molecule has 0 fully saturated rings. The second-order valence-corrected chi connectivity index (χ2v) is 6.50. The summed E-state index contributed by atoms with van der Waals surface area (Å²) in [5, 5.41) is 2.70. The highest BCUT2D eigenvalue weighted by atomic mass is 79.9. The fourth-order valence-corrected chi connectivity index (χ4v) is 2.31. The van der Waals surface area contributed by atoms with E-state index in [1.54, 1.807) is 6.92 Å². The van der Waals surface area contributed by atoms with E-state index in [0.29, 0.717) is 0 Å². The van der Waals surface area contributed by atoms with Gasteiger partial charge in [-0.2, -0.15) is 0 Å². The number of amides is 1. The van der Waals surface area contributed by atoms with E-state index >= 15 is 0 Å². The molecule has 1 unspecified atom stereocenters. The zero-order valence-electron chi connectivity index (χ0n) is 11.7. The molecule has 0 saturated heterocycles. The SMILES string of the molecule is CC(C)NC(=O)C(C)OC(=O)CSc1ccc(Br)cc1. The summed E-state index contributed by atoms with van der Waals surface area (Å²) < 4.78 is 6.07. The van der Waals surface area contributed by atoms with Crippen LogP contribution in [0.1, 0.15) is 20.8 Å². The van der Waals surface area contributed by atoms with Crippen LogP contribution < -0.4 is 5.32 Å². The van der Waals surface area contributed by atoms with E-state index in [0.717, 1.165) is 9.37 Å². The number of hydrogen-bond donors (Lipinski definition) is 1. The van der Waals surface area contributed by atoms with Gasteiger partial charge in [0.15, 0.2) is 6.10 Å². The number of carbonyl (C=O) groups excluding carboxylic acids is 2. The standard InChI is InChI=1S/C14H18BrNO3S/c1-9(2)16-14(18)10(3)19-13(17)8-20-12-6-4-11(15)5-7-12/h4-7,9-10H,8H2,1-3H3,(H,16,18). The van der Waals surface area contributed by atoms with E-state index in [1.807, 2.05) is 38.1 Å². The molecule has 0 spiro atoms. The topological polar surface area (TPSA) is 55.4 Å². The van der Waals surface area contributed by atoms with Gasteiger partial charge in [0.05, 0.1) is 5.75 Å². The lowest BCUT2D eigenvalue weighted by atomic mass is 10.3. The molecule has 1 aromatic rings. The molecular weight excluding hydrogens is 342 g/mol. The summed E-state index contributed by atoms with van der Waals surface area (Å²) in [6.07, 6.45) is -0.768. The average Bonchev–Trinajstić information content (AvgIpc) is 2.37. The molecule has 6 heteroatoms. The van der Waals surface area contributed by atoms with Gasteiger partial charge in [0.2, 0.25) is 0 Å². The summed E-state index contributed by atoms with van der Waals surface area (Å²) in [4.78, 5) is 24.2. The Morgan fingerprint density at radius 1 is 1.25 bits per heavy atom. The quantitative estimate of drug-likeness (QED) is 0.626. The lowest BCUT2D eigenvalue weighted by Crippen LogP contribution is -2.39. The van der Waals surface area contributed by atoms with Crippen molar-refractivity contribution in [3.8, 4) is 0 Å². The summed E-state index contributed by atoms with van der Waals surface area (Å²) >= 11 is 4.73. The Balaban J connectivity index is 2.36. The molecule has 0 bridgehead atoms. The third-order valence-corrected chi connectivity index (χ3v) is 3.79. The van der Waals surface area contributed by atoms with E-state index in [1.165, 1.54) is 11.8 Å². The largest absolute Gasteiger partial charge is 0.452 e. The Morgan fingerprint density at radius 2 is 1.85 bits per heavy atom. The molecule has 0 aliphatic rings. The number of ether oxygens (including phenoxy) is 1. The Bertz CT molecular complexity index is 462. The Hall–Kier alpha value is -1.01. The normalized spacial score (nSPS) is 12.1. The molecule has 1 aromatic carbocycles. The molecule has 0 heterocycles. The maximum Gasteiger partial charge on any atom is 0.317 e. The van der Waals surface area contributed by atoms with Crippen molar-refractivity contribution in [2.45, 2.75) is 37.8 Å². The second-order valence-electron chi connectivity index (χ2n) is 4.54. The first-order valence-electron chi connectivity index (χ1n) is 6.26. The Labute approximate surface area is 131 Å². The number of carbonyl (C=O) groups is 2. The van der Waals surface area contributed by atoms with Gasteiger partial charge >= 0.3 is 5.97 Å². The molecule has 1 rings (SSSR count). The number of benzene rings is 1. The van der Waals surface area contributed by atoms with Gasteiger partial charge in [-0.15, -0.1) is 11.8 Å². The number of hydrogen-bond acceptors (Lipinski definition) is 4. The minimum Gasteiger partial charge on any atom is -0.452 e. The molecule has 20 heavy (non-hydrogen) atoms. The van der Waals surface area contributed by atoms with Crippen LogP contribution in [0.25, 0.3) is 0 Å². The predicted molar refractivity (Wildman–Crippen MR) is 83.7 cm³/mol. The first-order chi connectivity index (χ1) is 9.38. The maximum absolute atomic E-state index is 11.7. The van der Waals surface area contributed by atoms with Gasteiger partial charge in [0.25, 0.3) is 5.91 Å². The predicted octanol–water partition coefficient (Wildman–Crippen LogP) is 3.00. The van der Waals surface area contributed by atoms with E-state index in [-0.39, 0.29) is 17.7 Å². The molecule has 1 amide bonds. The number of esters is 1. The number of halogens is 1. The van der Waals surface area contributed by atoms with Crippen LogP contribution in [0.2, 0.25) is 0 Å². The fraction of sp³-hybridized carbons (Fsp3) is 0.429. The van der Waals surface area contributed by atoms with Crippen molar-refractivity contribution < 1.29 is 14.3 Å². The maximum atomic E-state index is 11.7. The first kappa shape index (κ1) is 17.0. The van der Waals surface area contributed by atoms with Crippen molar-refractivity contribution in [1.82, 2.24) is 5.32 Å². The van der Waals surface area contributed by atoms with Gasteiger partial charge in [-0.3, -0.25) is 9.59 Å². The minimum atomic E-state index is -0.768. The number of thioether (sulfide) groups is 1. The van der Waals surface area contributed by atoms with Crippen LogP contribution in [0.3, 0.4) is 0 Å². The fourth-order valence-electron chi connectivity index (χ4n) is 1.36. The molecule has 1 N–H and O–H groups in total. The molecule has 0 aliphatic heterocycles. The molecule has 0 aliphatic carbocycles. The number of rotatable bonds is 6. The molecule has 4 nitrogen and oxygen atoms in total. The molecule has 110 valence electrons. The smallest absolute Gasteiger partial charge is 0.317 e. The van der Waals surface area contributed by atoms with Crippen LogP contribution in [-0.4, -0.2) is 29.8 Å². The molecular formula is C14H18BrNO3S. The van der Waals surface area contributed by atoms with E-state index < -0.39 is 12.1 Å². The summed E-state index contributed by atoms with van der Waals surface area (Å²) in [6.45, 7) is 5.28. The van der Waals surface area contributed by atoms with Crippen LogP contribution in [0.4, 0.5) is 0 Å². The summed E-state index contributed by atoms with van der Waals surface area (Å²) in [7, 11) is 0. The van der Waals surface area contributed by atoms with Crippen LogP contribution >= 0.6 is 27.7 Å². The lowest BCUT2D eigenvalue weighted by molar-refractivity contribution is -0.152. The highest BCUT2D eigenvalue weighted by Gasteiger charge is 2.18. The molecule has 0 saturated carbocycles. The van der Waals surface area contributed by atoms with E-state index in [9.17, 15) is 9.59 Å². The van der Waals surface area contributed by atoms with Crippen LogP contribution in [0.15, 0.2) is 33.6 Å². The highest BCUT2D eigenvalue weighted by Crippen LogP contribution is 2.20. The van der Waals surface area contributed by atoms with Crippen LogP contribution in [0.5, 0.6) is 0 Å². The van der Waals surface area contributed by atoms with Crippen molar-refractivity contribution in [3.63, 3.8) is 0 Å². The van der Waals surface area contributed by atoms with Gasteiger partial charge < -0.3 is 10.1 Å². The van der Waals surface area contributed by atoms with Crippen molar-refractivity contribution in [2.75, 3.05) is 5.75 Å². The van der Waals surface area contributed by atoms with Gasteiger partial charge in [-0.1, -0.05) is 15.9 Å². The van der Waals surface area contributed by atoms with E-state index in [4.69, 9.17) is 4.74 Å². The van der Waals surface area contributed by atoms with Gasteiger partial charge in [-0.05, 0) is 45.0 Å². The Kier molecular flexibility index (Phi) is 7.09. The lowest BCUT2D eigenvalue weighted by Gasteiger charge is -2.15. The monoisotopic (exact) mass is 359 g/mol. The molecule has 1 atom stereocenters. The summed E-state index contributed by atoms with van der Waals surface area (Å²) in [6, 6.07) is 7.67. The third kappa shape index (κ3) is 6.43. The Morgan fingerprint density at radius 3 is 2.40 bits per heavy atom. The number of nitrogens with one attached hydrogen (secondary N) is 1. The van der Waals surface area contributed by atoms with Crippen LogP contribution in [-0.2, 0) is 14.3 Å². The molecule has 0 aromatic heterocycles. The van der Waals surface area contributed by atoms with Gasteiger partial charge in [-0.25, -0.2) is 0 Å². The highest BCUT2D eigenvalue weighted by molar-refractivity contribution is 9.10. The van der Waals surface area contributed by atoms with E-state index in [2.05, 4.69) is 21.2 Å². The summed E-state index contributed by atoms with van der Waals surface area (Å²) in [5.41, 5.74) is 0. The van der Waals surface area contributed by atoms with Crippen LogP contribution in [0, 0.1) is 0 Å². The van der Waals surface area contributed by atoms with Crippen molar-refractivity contribution in [2.24, 2.45) is 0 Å². The minimum absolute atomic E-state index is 0.0285. The van der Waals surface area contributed by atoms with Crippen molar-refractivity contribution in [1.29, 1.82) is 0 Å². The van der Waals surface area contributed by atoms with Gasteiger partial charge in [0.1, 0.15) is 0 Å². The zero-order chi connectivity index (χ0) is 15.1.